The van der Waals surface area contributed by atoms with Crippen LogP contribution < -0.4 is 10.1 Å². The van der Waals surface area contributed by atoms with E-state index in [4.69, 9.17) is 4.74 Å². The number of amides is 1. The number of nitrogens with zero attached hydrogens (tertiary/aromatic N) is 1. The van der Waals surface area contributed by atoms with Gasteiger partial charge in [0.2, 0.25) is 0 Å². The Bertz CT molecular complexity index is 930. The molecule has 0 aliphatic heterocycles. The van der Waals surface area contributed by atoms with E-state index in [-0.39, 0.29) is 17.7 Å². The molecule has 27 heavy (non-hydrogen) atoms. The second kappa shape index (κ2) is 7.88. The number of ether oxygens (including phenoxy) is 1. The number of anilines is 1. The Morgan fingerprint density at radius 2 is 1.85 bits per heavy atom. The number of rotatable bonds is 5. The van der Waals surface area contributed by atoms with Crippen molar-refractivity contribution in [2.24, 2.45) is 0 Å². The van der Waals surface area contributed by atoms with Gasteiger partial charge in [0.25, 0.3) is 5.91 Å². The molecule has 0 saturated carbocycles. The van der Waals surface area contributed by atoms with Gasteiger partial charge in [-0.05, 0) is 36.4 Å². The Labute approximate surface area is 162 Å². The molecule has 1 heterocycles. The average Bonchev–Trinajstić information content (AvgIpc) is 3.13. The molecule has 1 aromatic heterocycles. The van der Waals surface area contributed by atoms with Crippen LogP contribution in [0.5, 0.6) is 5.75 Å². The van der Waals surface area contributed by atoms with Crippen molar-refractivity contribution in [2.75, 3.05) is 11.9 Å². The average molecular weight is 384 g/mol. The lowest BCUT2D eigenvalue weighted by Crippen LogP contribution is -2.20. The highest BCUT2D eigenvalue weighted by atomic mass is 32.1. The van der Waals surface area contributed by atoms with Crippen molar-refractivity contribution in [3.05, 3.63) is 65.4 Å². The van der Waals surface area contributed by atoms with E-state index in [1.165, 1.54) is 12.1 Å². The van der Waals surface area contributed by atoms with E-state index < -0.39 is 11.7 Å². The zero-order chi connectivity index (χ0) is 19.4. The Morgan fingerprint density at radius 1 is 1.15 bits per heavy atom. The zero-order valence-corrected chi connectivity index (χ0v) is 16.3. The van der Waals surface area contributed by atoms with Gasteiger partial charge in [0, 0.05) is 16.4 Å². The van der Waals surface area contributed by atoms with Gasteiger partial charge in [-0.2, -0.15) is 0 Å². The number of aromatic nitrogens is 1. The highest BCUT2D eigenvalue weighted by Gasteiger charge is 2.18. The molecule has 0 radical (unpaired) electrons. The first-order valence-electron chi connectivity index (χ1n) is 8.56. The Kier molecular flexibility index (Phi) is 5.56. The fourth-order valence-corrected chi connectivity index (χ4v) is 3.40. The molecule has 0 bridgehead atoms. The summed E-state index contributed by atoms with van der Waals surface area (Å²) in [6.45, 7) is 6.21. The van der Waals surface area contributed by atoms with Gasteiger partial charge in [0.05, 0.1) is 11.4 Å². The SMILES string of the molecule is CC(C)(C)c1csc(-c2ccc(OCC(=O)Nc3ccccc3F)cc2)n1. The molecule has 0 spiro atoms. The molecule has 6 heteroatoms. The van der Waals surface area contributed by atoms with Gasteiger partial charge in [-0.15, -0.1) is 11.3 Å². The number of hydrogen-bond donors (Lipinski definition) is 1. The van der Waals surface area contributed by atoms with E-state index in [2.05, 4.69) is 36.5 Å². The normalized spacial score (nSPS) is 11.3. The van der Waals surface area contributed by atoms with Gasteiger partial charge >= 0.3 is 0 Å². The number of carbonyl (C=O) groups excluding carboxylic acids is 1. The van der Waals surface area contributed by atoms with Crippen molar-refractivity contribution >= 4 is 22.9 Å². The summed E-state index contributed by atoms with van der Waals surface area (Å²) in [5, 5.41) is 5.51. The standard InChI is InChI=1S/C21H21FN2O2S/c1-21(2,3)18-13-27-20(24-18)14-8-10-15(11-9-14)26-12-19(25)23-17-7-5-4-6-16(17)22/h4-11,13H,12H2,1-3H3,(H,23,25). The maximum atomic E-state index is 13.5. The molecular weight excluding hydrogens is 363 g/mol. The van der Waals surface area contributed by atoms with E-state index in [0.717, 1.165) is 16.3 Å². The fraction of sp³-hybridized carbons (Fsp3) is 0.238. The van der Waals surface area contributed by atoms with E-state index in [0.29, 0.717) is 5.75 Å². The molecule has 0 aliphatic rings. The number of carbonyl (C=O) groups is 1. The van der Waals surface area contributed by atoms with Gasteiger partial charge < -0.3 is 10.1 Å². The molecule has 0 atom stereocenters. The molecule has 2 aromatic carbocycles. The molecule has 140 valence electrons. The highest BCUT2D eigenvalue weighted by molar-refractivity contribution is 7.13. The second-order valence-corrected chi connectivity index (χ2v) is 7.99. The van der Waals surface area contributed by atoms with Crippen LogP contribution in [0.25, 0.3) is 10.6 Å². The number of para-hydroxylation sites is 1. The molecule has 3 rings (SSSR count). The van der Waals surface area contributed by atoms with Gasteiger partial charge in [-0.1, -0.05) is 32.9 Å². The number of thiazole rings is 1. The van der Waals surface area contributed by atoms with Crippen LogP contribution in [0, 0.1) is 5.82 Å². The smallest absolute Gasteiger partial charge is 0.262 e. The number of hydrogen-bond acceptors (Lipinski definition) is 4. The molecule has 0 saturated heterocycles. The Hall–Kier alpha value is -2.73. The zero-order valence-electron chi connectivity index (χ0n) is 15.5. The quantitative estimate of drug-likeness (QED) is 0.652. The number of halogens is 1. The molecule has 0 unspecified atom stereocenters. The molecule has 0 fully saturated rings. The van der Waals surface area contributed by atoms with Crippen LogP contribution in [0.4, 0.5) is 10.1 Å². The van der Waals surface area contributed by atoms with Crippen LogP contribution >= 0.6 is 11.3 Å². The summed E-state index contributed by atoms with van der Waals surface area (Å²) < 4.78 is 19.0. The van der Waals surface area contributed by atoms with Crippen LogP contribution in [0.1, 0.15) is 26.5 Å². The predicted octanol–water partition coefficient (Wildman–Crippen LogP) is 5.26. The van der Waals surface area contributed by atoms with Crippen LogP contribution in [-0.2, 0) is 10.2 Å². The molecule has 3 aromatic rings. The Morgan fingerprint density at radius 3 is 2.48 bits per heavy atom. The topological polar surface area (TPSA) is 51.2 Å². The number of nitrogens with one attached hydrogen (secondary N) is 1. The third kappa shape index (κ3) is 4.92. The third-order valence-corrected chi connectivity index (χ3v) is 4.78. The lowest BCUT2D eigenvalue weighted by Gasteiger charge is -2.14. The maximum absolute atomic E-state index is 13.5. The van der Waals surface area contributed by atoms with Gasteiger partial charge in [0.15, 0.2) is 6.61 Å². The first-order chi connectivity index (χ1) is 12.8. The van der Waals surface area contributed by atoms with Crippen molar-refractivity contribution in [2.45, 2.75) is 26.2 Å². The van der Waals surface area contributed by atoms with Gasteiger partial charge in [0.1, 0.15) is 16.6 Å². The lowest BCUT2D eigenvalue weighted by atomic mass is 9.93. The highest BCUT2D eigenvalue weighted by Crippen LogP contribution is 2.30. The summed E-state index contributed by atoms with van der Waals surface area (Å²) in [7, 11) is 0. The minimum atomic E-state index is -0.478. The summed E-state index contributed by atoms with van der Waals surface area (Å²) in [4.78, 5) is 16.6. The molecule has 4 nitrogen and oxygen atoms in total. The third-order valence-electron chi connectivity index (χ3n) is 3.89. The van der Waals surface area contributed by atoms with Crippen LogP contribution in [0.15, 0.2) is 53.9 Å². The van der Waals surface area contributed by atoms with Crippen molar-refractivity contribution in [1.82, 2.24) is 4.98 Å². The van der Waals surface area contributed by atoms with Gasteiger partial charge in [-0.3, -0.25) is 4.79 Å². The molecule has 0 aliphatic carbocycles. The van der Waals surface area contributed by atoms with E-state index >= 15 is 0 Å². The van der Waals surface area contributed by atoms with Crippen LogP contribution in [0.3, 0.4) is 0 Å². The molecule has 1 amide bonds. The lowest BCUT2D eigenvalue weighted by molar-refractivity contribution is -0.118. The van der Waals surface area contributed by atoms with Gasteiger partial charge in [-0.25, -0.2) is 9.37 Å². The minimum absolute atomic E-state index is 0.0173. The molecule has 1 N–H and O–H groups in total. The van der Waals surface area contributed by atoms with Crippen molar-refractivity contribution in [1.29, 1.82) is 0 Å². The number of benzene rings is 2. The first kappa shape index (κ1) is 19.0. The van der Waals surface area contributed by atoms with Crippen molar-refractivity contribution in [3.63, 3.8) is 0 Å². The monoisotopic (exact) mass is 384 g/mol. The minimum Gasteiger partial charge on any atom is -0.484 e. The van der Waals surface area contributed by atoms with Crippen molar-refractivity contribution in [3.8, 4) is 16.3 Å². The van der Waals surface area contributed by atoms with E-state index in [1.807, 2.05) is 12.1 Å². The summed E-state index contributed by atoms with van der Waals surface area (Å²) in [6, 6.07) is 13.4. The van der Waals surface area contributed by atoms with Crippen molar-refractivity contribution < 1.29 is 13.9 Å². The summed E-state index contributed by atoms with van der Waals surface area (Å²) in [5.74, 6) is -0.331. The van der Waals surface area contributed by atoms with Crippen LogP contribution in [-0.4, -0.2) is 17.5 Å². The van der Waals surface area contributed by atoms with E-state index in [9.17, 15) is 9.18 Å². The van der Waals surface area contributed by atoms with E-state index in [1.54, 1.807) is 35.6 Å². The maximum Gasteiger partial charge on any atom is 0.262 e. The summed E-state index contributed by atoms with van der Waals surface area (Å²) >= 11 is 1.60. The first-order valence-corrected chi connectivity index (χ1v) is 9.44. The Balaban J connectivity index is 1.58. The second-order valence-electron chi connectivity index (χ2n) is 7.13. The predicted molar refractivity (Wildman–Crippen MR) is 107 cm³/mol. The molecular formula is C21H21FN2O2S. The largest absolute Gasteiger partial charge is 0.484 e. The summed E-state index contributed by atoms with van der Waals surface area (Å²) in [6.07, 6.45) is 0. The van der Waals surface area contributed by atoms with Crippen LogP contribution in [0.2, 0.25) is 0 Å². The fourth-order valence-electron chi connectivity index (χ4n) is 2.34. The summed E-state index contributed by atoms with van der Waals surface area (Å²) in [5.41, 5.74) is 2.22.